The number of amides is 4. The molecular formula is C38H48N6O6S. The second-order valence-electron chi connectivity index (χ2n) is 12.8. The van der Waals surface area contributed by atoms with E-state index < -0.39 is 36.4 Å². The predicted octanol–water partition coefficient (Wildman–Crippen LogP) is 4.87. The molecule has 13 heteroatoms. The number of rotatable bonds is 18. The second-order valence-corrected chi connectivity index (χ2v) is 13.7. The fraction of sp³-hybridized carbons (Fsp3) is 0.395. The lowest BCUT2D eigenvalue weighted by molar-refractivity contribution is -0.124. The molecule has 0 fully saturated rings. The van der Waals surface area contributed by atoms with Crippen LogP contribution >= 0.6 is 11.3 Å². The van der Waals surface area contributed by atoms with Gasteiger partial charge in [-0.05, 0) is 42.4 Å². The number of pyridine rings is 1. The second kappa shape index (κ2) is 20.1. The van der Waals surface area contributed by atoms with Crippen molar-refractivity contribution in [3.8, 4) is 0 Å². The lowest BCUT2D eigenvalue weighted by Crippen LogP contribution is -2.55. The zero-order valence-electron chi connectivity index (χ0n) is 29.5. The molecule has 0 aliphatic carbocycles. The Morgan fingerprint density at radius 3 is 2.18 bits per heavy atom. The summed E-state index contributed by atoms with van der Waals surface area (Å²) in [4.78, 5) is 50.1. The van der Waals surface area contributed by atoms with Crippen LogP contribution in [0.15, 0.2) is 90.6 Å². The number of methoxy groups -OCH3 is 1. The summed E-state index contributed by atoms with van der Waals surface area (Å²) in [5.41, 5.74) is 3.33. The topological polar surface area (TPSA) is 155 Å². The van der Waals surface area contributed by atoms with Crippen LogP contribution in [0.25, 0.3) is 0 Å². The summed E-state index contributed by atoms with van der Waals surface area (Å²) in [6, 6.07) is 20.2. The summed E-state index contributed by atoms with van der Waals surface area (Å²) in [5, 5.41) is 23.2. The van der Waals surface area contributed by atoms with Crippen molar-refractivity contribution >= 4 is 29.4 Å². The molecule has 0 saturated carbocycles. The van der Waals surface area contributed by atoms with Crippen molar-refractivity contribution in [1.29, 1.82) is 0 Å². The Labute approximate surface area is 303 Å². The fourth-order valence-electron chi connectivity index (χ4n) is 5.52. The van der Waals surface area contributed by atoms with Crippen molar-refractivity contribution in [2.75, 3.05) is 14.2 Å². The molecule has 0 spiro atoms. The van der Waals surface area contributed by atoms with E-state index in [-0.39, 0.29) is 31.4 Å². The van der Waals surface area contributed by atoms with Crippen molar-refractivity contribution in [2.45, 2.75) is 77.1 Å². The molecule has 0 bridgehead atoms. The summed E-state index contributed by atoms with van der Waals surface area (Å²) in [5.74, 6) is -0.612. The number of aromatic nitrogens is 2. The van der Waals surface area contributed by atoms with E-state index in [9.17, 15) is 19.5 Å². The van der Waals surface area contributed by atoms with Gasteiger partial charge in [0.2, 0.25) is 5.91 Å². The summed E-state index contributed by atoms with van der Waals surface area (Å²) >= 11 is 1.46. The molecule has 2 heterocycles. The van der Waals surface area contributed by atoms with Crippen LogP contribution in [0.3, 0.4) is 0 Å². The van der Waals surface area contributed by atoms with E-state index in [4.69, 9.17) is 9.47 Å². The average Bonchev–Trinajstić information content (AvgIpc) is 3.57. The van der Waals surface area contributed by atoms with Gasteiger partial charge in [-0.15, -0.1) is 11.3 Å². The molecule has 4 amide bonds. The molecule has 12 nitrogen and oxygen atoms in total. The van der Waals surface area contributed by atoms with Crippen LogP contribution in [0.5, 0.6) is 0 Å². The third kappa shape index (κ3) is 13.1. The highest BCUT2D eigenvalue weighted by Gasteiger charge is 2.31. The Kier molecular flexibility index (Phi) is 15.4. The first-order chi connectivity index (χ1) is 24.6. The van der Waals surface area contributed by atoms with E-state index in [1.807, 2.05) is 79.9 Å². The highest BCUT2D eigenvalue weighted by Crippen LogP contribution is 2.16. The van der Waals surface area contributed by atoms with Gasteiger partial charge < -0.3 is 35.4 Å². The number of nitrogens with zero attached hydrogens (tertiary/aromatic N) is 3. The number of hydrogen-bond acceptors (Lipinski definition) is 9. The number of aliphatic hydroxyl groups excluding tert-OH is 1. The summed E-state index contributed by atoms with van der Waals surface area (Å²) in [7, 11) is 3.25. The van der Waals surface area contributed by atoms with E-state index in [0.29, 0.717) is 19.4 Å². The Bertz CT molecular complexity index is 1640. The first kappa shape index (κ1) is 38.9. The smallest absolute Gasteiger partial charge is 0.407 e. The number of urea groups is 1. The van der Waals surface area contributed by atoms with Gasteiger partial charge in [-0.3, -0.25) is 9.78 Å². The zero-order chi connectivity index (χ0) is 36.6. The van der Waals surface area contributed by atoms with E-state index in [1.165, 1.54) is 16.2 Å². The maximum Gasteiger partial charge on any atom is 0.407 e. The number of benzene rings is 2. The molecular weight excluding hydrogens is 669 g/mol. The lowest BCUT2D eigenvalue weighted by Gasteiger charge is -2.30. The monoisotopic (exact) mass is 716 g/mol. The van der Waals surface area contributed by atoms with Gasteiger partial charge >= 0.3 is 12.1 Å². The van der Waals surface area contributed by atoms with E-state index in [1.54, 1.807) is 38.7 Å². The molecule has 0 aliphatic heterocycles. The van der Waals surface area contributed by atoms with Gasteiger partial charge in [-0.1, -0.05) is 80.6 Å². The molecule has 2 aromatic carbocycles. The van der Waals surface area contributed by atoms with Gasteiger partial charge in [-0.2, -0.15) is 0 Å². The molecule has 272 valence electrons. The van der Waals surface area contributed by atoms with Crippen molar-refractivity contribution < 1.29 is 29.0 Å². The summed E-state index contributed by atoms with van der Waals surface area (Å²) < 4.78 is 10.6. The number of ether oxygens (including phenoxy) is 2. The first-order valence-electron chi connectivity index (χ1n) is 16.9. The third-order valence-corrected chi connectivity index (χ3v) is 9.07. The quantitative estimate of drug-likeness (QED) is 0.114. The summed E-state index contributed by atoms with van der Waals surface area (Å²) in [6.07, 6.45) is 2.38. The van der Waals surface area contributed by atoms with Crippen molar-refractivity contribution in [3.05, 3.63) is 118 Å². The molecule has 51 heavy (non-hydrogen) atoms. The predicted molar refractivity (Wildman–Crippen MR) is 196 cm³/mol. The molecule has 1 unspecified atom stereocenters. The van der Waals surface area contributed by atoms with Gasteiger partial charge in [0.25, 0.3) is 0 Å². The maximum absolute atomic E-state index is 13.9. The Hall–Kier alpha value is -4.85. The van der Waals surface area contributed by atoms with Crippen molar-refractivity contribution in [1.82, 2.24) is 30.8 Å². The van der Waals surface area contributed by atoms with E-state index in [0.717, 1.165) is 27.4 Å². The Balaban J connectivity index is 1.46. The number of aliphatic hydroxyl groups is 1. The van der Waals surface area contributed by atoms with Crippen LogP contribution < -0.4 is 16.0 Å². The number of hydrogen-bond donors (Lipinski definition) is 4. The molecule has 0 aliphatic rings. The minimum atomic E-state index is -1.07. The van der Waals surface area contributed by atoms with Crippen LogP contribution in [0.1, 0.15) is 47.7 Å². The van der Waals surface area contributed by atoms with E-state index in [2.05, 4.69) is 25.9 Å². The van der Waals surface area contributed by atoms with E-state index >= 15 is 0 Å². The minimum absolute atomic E-state index is 0.0244. The number of nitrogens with one attached hydrogen (secondary N) is 3. The fourth-order valence-corrected chi connectivity index (χ4v) is 6.27. The SMILES string of the molecule is COCc1nc(CN(C)C(=O)NC(C(=O)N[C@@H](Cc2ccccc2)C[C@H](O)[C@H](Cc2ccccc2)NC(=O)OCc2cccnc2)C(C)C)cs1. The number of alkyl carbamates (subject to hydrolysis) is 1. The summed E-state index contributed by atoms with van der Waals surface area (Å²) in [6.45, 7) is 4.41. The van der Waals surface area contributed by atoms with Gasteiger partial charge in [-0.25, -0.2) is 14.6 Å². The molecule has 4 atom stereocenters. The Morgan fingerprint density at radius 2 is 1.55 bits per heavy atom. The van der Waals surface area contributed by atoms with Gasteiger partial charge in [0, 0.05) is 43.5 Å². The molecule has 4 aromatic rings. The third-order valence-electron chi connectivity index (χ3n) is 8.20. The van der Waals surface area contributed by atoms with Crippen LogP contribution in [0.2, 0.25) is 0 Å². The van der Waals surface area contributed by atoms with Crippen molar-refractivity contribution in [3.63, 3.8) is 0 Å². The normalized spacial score (nSPS) is 13.5. The molecule has 2 aromatic heterocycles. The van der Waals surface area contributed by atoms with Crippen LogP contribution in [-0.2, 0) is 46.9 Å². The maximum atomic E-state index is 13.9. The van der Waals surface area contributed by atoms with Crippen LogP contribution in [0, 0.1) is 5.92 Å². The first-order valence-corrected chi connectivity index (χ1v) is 17.8. The highest BCUT2D eigenvalue weighted by molar-refractivity contribution is 7.09. The van der Waals surface area contributed by atoms with Gasteiger partial charge in [0.1, 0.15) is 17.7 Å². The molecule has 4 rings (SSSR count). The lowest BCUT2D eigenvalue weighted by atomic mass is 9.93. The average molecular weight is 717 g/mol. The molecule has 0 saturated heterocycles. The molecule has 0 radical (unpaired) electrons. The number of carbonyl (C=O) groups is 3. The standard InChI is InChI=1S/C38H48N6O6S/c1-26(2)35(43-37(47)44(3)22-31-25-51-34(40-31)24-49-4)36(46)41-30(18-27-12-7-5-8-13-27)20-33(45)32(19-28-14-9-6-10-15-28)42-38(48)50-23-29-16-11-17-39-21-29/h5-17,21,25-26,30,32-33,35,45H,18-20,22-24H2,1-4H3,(H,41,46)(H,42,48)(H,43,47)/t30-,32-,33-,35?/m0/s1. The van der Waals surface area contributed by atoms with Crippen LogP contribution in [-0.4, -0.2) is 76.4 Å². The van der Waals surface area contributed by atoms with Crippen molar-refractivity contribution in [2.24, 2.45) is 5.92 Å². The number of carbonyl (C=O) groups excluding carboxylic acids is 3. The highest BCUT2D eigenvalue weighted by atomic mass is 32.1. The number of thiazole rings is 1. The minimum Gasteiger partial charge on any atom is -0.445 e. The van der Waals surface area contributed by atoms with Gasteiger partial charge in [0.05, 0.1) is 31.0 Å². The Morgan fingerprint density at radius 1 is 0.882 bits per heavy atom. The largest absolute Gasteiger partial charge is 0.445 e. The van der Waals surface area contributed by atoms with Crippen LogP contribution in [0.4, 0.5) is 9.59 Å². The van der Waals surface area contributed by atoms with Gasteiger partial charge in [0.15, 0.2) is 0 Å². The molecule has 4 N–H and O–H groups in total. The zero-order valence-corrected chi connectivity index (χ0v) is 30.3.